The van der Waals surface area contributed by atoms with Crippen LogP contribution in [0.5, 0.6) is 5.75 Å². The predicted octanol–water partition coefficient (Wildman–Crippen LogP) is 4.87. The molecule has 0 saturated heterocycles. The topological polar surface area (TPSA) is 59.9 Å². The predicted molar refractivity (Wildman–Crippen MR) is 90.6 cm³/mol. The molecule has 1 rings (SSSR count). The zero-order valence-corrected chi connectivity index (χ0v) is 16.9. The van der Waals surface area contributed by atoms with Crippen molar-refractivity contribution >= 4 is 44.0 Å². The minimum Gasteiger partial charge on any atom is -0.480 e. The number of nitrogens with zero attached hydrogens (tertiary/aromatic N) is 1. The molecule has 0 atom stereocenters. The molecule has 0 saturated carbocycles. The molecule has 0 aromatic heterocycles. The van der Waals surface area contributed by atoms with E-state index in [0.29, 0.717) is 16.1 Å². The molecule has 158 valence electrons. The highest BCUT2D eigenvalue weighted by Crippen LogP contribution is 2.45. The van der Waals surface area contributed by atoms with Gasteiger partial charge in [0.2, 0.25) is 0 Å². The van der Waals surface area contributed by atoms with Crippen LogP contribution in [-0.4, -0.2) is 43.5 Å². The van der Waals surface area contributed by atoms with E-state index in [1.165, 1.54) is 12.1 Å². The second-order valence-corrected chi connectivity index (χ2v) is 6.69. The fourth-order valence-electron chi connectivity index (χ4n) is 1.59. The zero-order chi connectivity index (χ0) is 21.8. The Balaban J connectivity index is 3.06. The van der Waals surface area contributed by atoms with Crippen LogP contribution in [-0.2, 0) is 9.53 Å². The van der Waals surface area contributed by atoms with Crippen molar-refractivity contribution in [2.45, 2.75) is 25.1 Å². The Bertz CT molecular complexity index is 742. The lowest BCUT2D eigenvalue weighted by Crippen LogP contribution is -2.58. The van der Waals surface area contributed by atoms with E-state index in [2.05, 4.69) is 41.7 Å². The Hall–Kier alpha value is -1.57. The van der Waals surface area contributed by atoms with Crippen LogP contribution in [0.2, 0.25) is 0 Å². The number of ether oxygens (including phenoxy) is 2. The van der Waals surface area contributed by atoms with Crippen molar-refractivity contribution in [3.63, 3.8) is 0 Å². The number of hydrogen-bond donors (Lipinski definition) is 1. The van der Waals surface area contributed by atoms with E-state index in [0.717, 1.165) is 0 Å². The Morgan fingerprint density at radius 2 is 1.79 bits per heavy atom. The molecule has 0 aliphatic carbocycles. The summed E-state index contributed by atoms with van der Waals surface area (Å²) in [6.45, 7) is 1.04. The van der Waals surface area contributed by atoms with Gasteiger partial charge >= 0.3 is 24.1 Å². The van der Waals surface area contributed by atoms with Crippen LogP contribution in [0.3, 0.4) is 0 Å². The summed E-state index contributed by atoms with van der Waals surface area (Å²) in [5.74, 6) is -7.24. The third-order valence-electron chi connectivity index (χ3n) is 2.84. The molecule has 28 heavy (non-hydrogen) atoms. The maximum Gasteiger partial charge on any atom is 0.462 e. The summed E-state index contributed by atoms with van der Waals surface area (Å²) in [6, 6.07) is -3.04. The molecular formula is C14H11Br2F7N2O3. The number of benzene rings is 1. The highest BCUT2D eigenvalue weighted by atomic mass is 79.9. The van der Waals surface area contributed by atoms with Gasteiger partial charge in [-0.05, 0) is 35.0 Å². The monoisotopic (exact) mass is 546 g/mol. The maximum absolute atomic E-state index is 13.2. The van der Waals surface area contributed by atoms with Gasteiger partial charge in [-0.25, -0.2) is 10.2 Å². The average Bonchev–Trinajstić information content (AvgIpc) is 2.52. The first kappa shape index (κ1) is 24.5. The first-order chi connectivity index (χ1) is 12.7. The molecule has 1 aromatic rings. The second-order valence-electron chi connectivity index (χ2n) is 4.92. The summed E-state index contributed by atoms with van der Waals surface area (Å²) in [6.07, 6.45) is -5.97. The van der Waals surface area contributed by atoms with Crippen molar-refractivity contribution in [1.82, 2.24) is 5.43 Å². The number of esters is 1. The van der Waals surface area contributed by atoms with Gasteiger partial charge in [0.25, 0.3) is 0 Å². The van der Waals surface area contributed by atoms with Gasteiger partial charge in [0, 0.05) is 10.0 Å². The Morgan fingerprint density at radius 3 is 2.32 bits per heavy atom. The third-order valence-corrected chi connectivity index (χ3v) is 3.88. The van der Waals surface area contributed by atoms with Crippen LogP contribution in [0.1, 0.15) is 12.5 Å². The maximum atomic E-state index is 13.2. The summed E-state index contributed by atoms with van der Waals surface area (Å²) >= 11 is 6.14. The normalized spacial score (nSPS) is 12.9. The van der Waals surface area contributed by atoms with E-state index in [1.54, 1.807) is 6.92 Å². The van der Waals surface area contributed by atoms with Crippen LogP contribution in [0.25, 0.3) is 0 Å². The molecule has 0 radical (unpaired) electrons. The minimum absolute atomic E-state index is 0.0738. The van der Waals surface area contributed by atoms with Gasteiger partial charge in [0.1, 0.15) is 5.75 Å². The number of hydrogen-bond acceptors (Lipinski definition) is 5. The number of carbonyl (C=O) groups is 1. The molecule has 0 unspecified atom stereocenters. The fraction of sp³-hybridized carbons (Fsp3) is 0.429. The number of carbonyl (C=O) groups excluding carboxylic acids is 1. The lowest BCUT2D eigenvalue weighted by molar-refractivity contribution is -0.361. The minimum atomic E-state index is -6.49. The number of hydrazone groups is 1. The van der Waals surface area contributed by atoms with E-state index in [1.807, 2.05) is 0 Å². The quantitative estimate of drug-likeness (QED) is 0.166. The number of nitrogens with one attached hydrogen (secondary N) is 1. The van der Waals surface area contributed by atoms with Crippen molar-refractivity contribution in [2.75, 3.05) is 13.2 Å². The van der Waals surface area contributed by atoms with E-state index < -0.39 is 30.7 Å². The lowest BCUT2D eigenvalue weighted by atomic mass is 10.2. The van der Waals surface area contributed by atoms with E-state index in [-0.39, 0.29) is 22.4 Å². The number of halogens is 9. The molecule has 0 heterocycles. The molecular weight excluding hydrogens is 537 g/mol. The first-order valence-electron chi connectivity index (χ1n) is 7.13. The molecule has 0 aliphatic rings. The van der Waals surface area contributed by atoms with Gasteiger partial charge in [-0.1, -0.05) is 15.9 Å². The van der Waals surface area contributed by atoms with E-state index in [4.69, 9.17) is 4.74 Å². The zero-order valence-electron chi connectivity index (χ0n) is 13.7. The van der Waals surface area contributed by atoms with Crippen molar-refractivity contribution in [2.24, 2.45) is 5.10 Å². The van der Waals surface area contributed by atoms with Gasteiger partial charge < -0.3 is 9.47 Å². The van der Waals surface area contributed by atoms with Gasteiger partial charge in [-0.3, -0.25) is 0 Å². The van der Waals surface area contributed by atoms with Gasteiger partial charge in [0.05, 0.1) is 17.3 Å². The van der Waals surface area contributed by atoms with Gasteiger partial charge in [-0.2, -0.15) is 35.8 Å². The standard InChI is InChI=1S/C14H11Br2F7N2O3/c1-2-27-10(26)6-28-11-7(3-8(15)4-9(11)16)5-24-25-14(22,23)12(17,18)13(19,20)21/h3-5,25H,2,6H2,1H3/b24-5-. The van der Waals surface area contributed by atoms with Gasteiger partial charge in [0.15, 0.2) is 6.61 Å². The van der Waals surface area contributed by atoms with Crippen LogP contribution in [0.15, 0.2) is 26.2 Å². The lowest BCUT2D eigenvalue weighted by Gasteiger charge is -2.27. The molecule has 5 nitrogen and oxygen atoms in total. The van der Waals surface area contributed by atoms with Crippen molar-refractivity contribution in [3.05, 3.63) is 26.6 Å². The van der Waals surface area contributed by atoms with E-state index in [9.17, 15) is 35.5 Å². The summed E-state index contributed by atoms with van der Waals surface area (Å²) < 4.78 is 98.7. The number of alkyl halides is 7. The molecule has 0 aliphatic heterocycles. The van der Waals surface area contributed by atoms with Gasteiger partial charge in [-0.15, -0.1) is 0 Å². The van der Waals surface area contributed by atoms with Crippen LogP contribution in [0, 0.1) is 0 Å². The average molecular weight is 548 g/mol. The molecule has 0 fully saturated rings. The van der Waals surface area contributed by atoms with Crippen LogP contribution in [0.4, 0.5) is 30.7 Å². The SMILES string of the molecule is CCOC(=O)COc1c(Br)cc(Br)cc1/C=N\NC(F)(F)C(F)(F)C(F)(F)F. The molecule has 0 spiro atoms. The van der Waals surface area contributed by atoms with Crippen molar-refractivity contribution < 1.29 is 45.0 Å². The molecule has 1 N–H and O–H groups in total. The summed E-state index contributed by atoms with van der Waals surface area (Å²) in [5.41, 5.74) is 0.373. The fourth-order valence-corrected chi connectivity index (χ4v) is 2.97. The van der Waals surface area contributed by atoms with Crippen LogP contribution >= 0.6 is 31.9 Å². The van der Waals surface area contributed by atoms with E-state index >= 15 is 0 Å². The highest BCUT2D eigenvalue weighted by Gasteiger charge is 2.73. The second kappa shape index (κ2) is 9.29. The molecule has 1 aromatic carbocycles. The largest absolute Gasteiger partial charge is 0.480 e. The Morgan fingerprint density at radius 1 is 1.18 bits per heavy atom. The smallest absolute Gasteiger partial charge is 0.462 e. The van der Waals surface area contributed by atoms with Crippen LogP contribution < -0.4 is 10.2 Å². The van der Waals surface area contributed by atoms with Crippen molar-refractivity contribution in [1.29, 1.82) is 0 Å². The first-order valence-corrected chi connectivity index (χ1v) is 8.71. The Kier molecular flexibility index (Phi) is 8.11. The number of rotatable bonds is 8. The molecule has 14 heteroatoms. The summed E-state index contributed by atoms with van der Waals surface area (Å²) in [5, 5.41) is 2.76. The molecule has 0 bridgehead atoms. The summed E-state index contributed by atoms with van der Waals surface area (Å²) in [4.78, 5) is 11.3. The Labute approximate surface area is 170 Å². The molecule has 0 amide bonds. The van der Waals surface area contributed by atoms with Crippen molar-refractivity contribution in [3.8, 4) is 5.75 Å². The third kappa shape index (κ3) is 5.96. The summed E-state index contributed by atoms with van der Waals surface area (Å²) in [7, 11) is 0. The highest BCUT2D eigenvalue weighted by molar-refractivity contribution is 9.11.